The lowest BCUT2D eigenvalue weighted by molar-refractivity contribution is 1.11. The van der Waals surface area contributed by atoms with Crippen LogP contribution in [0, 0.1) is 6.92 Å². The van der Waals surface area contributed by atoms with Gasteiger partial charge in [0.15, 0.2) is 0 Å². The van der Waals surface area contributed by atoms with Crippen LogP contribution in [-0.2, 0) is 0 Å². The van der Waals surface area contributed by atoms with Crippen molar-refractivity contribution in [3.63, 3.8) is 0 Å². The zero-order chi connectivity index (χ0) is 11.5. The molecule has 0 unspecified atom stereocenters. The fourth-order valence-electron chi connectivity index (χ4n) is 1.43. The number of hydrogen-bond donors (Lipinski definition) is 0. The Morgan fingerprint density at radius 2 is 1.88 bits per heavy atom. The van der Waals surface area contributed by atoms with Gasteiger partial charge in [0.2, 0.25) is 0 Å². The van der Waals surface area contributed by atoms with Gasteiger partial charge in [0.25, 0.3) is 0 Å². The second-order valence-electron chi connectivity index (χ2n) is 3.99. The zero-order valence-corrected chi connectivity index (χ0v) is 11.4. The number of aryl methyl sites for hydroxylation is 1. The summed E-state index contributed by atoms with van der Waals surface area (Å²) in [6, 6.07) is 8.67. The van der Waals surface area contributed by atoms with Gasteiger partial charge in [-0.1, -0.05) is 26.0 Å². The van der Waals surface area contributed by atoms with Gasteiger partial charge in [-0.3, -0.25) is 0 Å². The second-order valence-corrected chi connectivity index (χ2v) is 6.49. The summed E-state index contributed by atoms with van der Waals surface area (Å²) in [6.45, 7) is 6.45. The highest BCUT2D eigenvalue weighted by atomic mass is 32.2. The predicted molar refractivity (Wildman–Crippen MR) is 73.3 cm³/mol. The van der Waals surface area contributed by atoms with E-state index in [4.69, 9.17) is 0 Å². The summed E-state index contributed by atoms with van der Waals surface area (Å²) in [5.74, 6) is 0. The molecule has 0 aliphatic carbocycles. The van der Waals surface area contributed by atoms with E-state index in [2.05, 4.69) is 48.5 Å². The Morgan fingerprint density at radius 1 is 1.19 bits per heavy atom. The van der Waals surface area contributed by atoms with Crippen molar-refractivity contribution in [1.82, 2.24) is 4.98 Å². The van der Waals surface area contributed by atoms with Crippen molar-refractivity contribution in [3.8, 4) is 10.6 Å². The molecule has 0 N–H and O–H groups in total. The summed E-state index contributed by atoms with van der Waals surface area (Å²) in [5, 5.41) is 3.83. The maximum absolute atomic E-state index is 4.48. The molecule has 0 fully saturated rings. The maximum atomic E-state index is 4.48. The fraction of sp³-hybridized carbons (Fsp3) is 0.308. The first-order chi connectivity index (χ1) is 7.65. The first-order valence-electron chi connectivity index (χ1n) is 5.34. The quantitative estimate of drug-likeness (QED) is 0.736. The van der Waals surface area contributed by atoms with E-state index in [9.17, 15) is 0 Å². The molecule has 1 aromatic heterocycles. The summed E-state index contributed by atoms with van der Waals surface area (Å²) in [5.41, 5.74) is 2.31. The Morgan fingerprint density at radius 3 is 2.38 bits per heavy atom. The fourth-order valence-corrected chi connectivity index (χ4v) is 3.08. The minimum atomic E-state index is 0.632. The molecule has 0 amide bonds. The van der Waals surface area contributed by atoms with Gasteiger partial charge in [-0.25, -0.2) is 4.98 Å². The Hall–Kier alpha value is -0.800. The van der Waals surface area contributed by atoms with E-state index < -0.39 is 0 Å². The standard InChI is InChI=1S/C13H15NS2/c1-9(2)16-12-6-4-11(5-7-12)13-14-10(3)8-15-13/h4-9H,1-3H3. The van der Waals surface area contributed by atoms with Crippen LogP contribution >= 0.6 is 23.1 Å². The van der Waals surface area contributed by atoms with Gasteiger partial charge in [0, 0.05) is 26.8 Å². The molecule has 0 aliphatic heterocycles. The van der Waals surface area contributed by atoms with Crippen molar-refractivity contribution >= 4 is 23.1 Å². The zero-order valence-electron chi connectivity index (χ0n) is 9.73. The Balaban J connectivity index is 2.19. The van der Waals surface area contributed by atoms with Crippen molar-refractivity contribution in [2.24, 2.45) is 0 Å². The van der Waals surface area contributed by atoms with Gasteiger partial charge in [0.1, 0.15) is 5.01 Å². The van der Waals surface area contributed by atoms with Crippen LogP contribution in [0.15, 0.2) is 34.5 Å². The molecule has 16 heavy (non-hydrogen) atoms. The van der Waals surface area contributed by atoms with Crippen LogP contribution in [-0.4, -0.2) is 10.2 Å². The maximum Gasteiger partial charge on any atom is 0.123 e. The SMILES string of the molecule is Cc1csc(-c2ccc(SC(C)C)cc2)n1. The molecule has 1 heterocycles. The third-order valence-electron chi connectivity index (χ3n) is 2.09. The van der Waals surface area contributed by atoms with Crippen LogP contribution in [0.4, 0.5) is 0 Å². The lowest BCUT2D eigenvalue weighted by Crippen LogP contribution is -1.85. The Labute approximate surface area is 105 Å². The summed E-state index contributed by atoms with van der Waals surface area (Å²) >= 11 is 3.60. The van der Waals surface area contributed by atoms with E-state index in [1.54, 1.807) is 11.3 Å². The molecular weight excluding hydrogens is 234 g/mol. The highest BCUT2D eigenvalue weighted by Gasteiger charge is 2.03. The highest BCUT2D eigenvalue weighted by Crippen LogP contribution is 2.28. The van der Waals surface area contributed by atoms with Gasteiger partial charge < -0.3 is 0 Å². The first kappa shape index (κ1) is 11.7. The van der Waals surface area contributed by atoms with Crippen molar-refractivity contribution in [3.05, 3.63) is 35.3 Å². The van der Waals surface area contributed by atoms with E-state index in [0.717, 1.165) is 10.7 Å². The van der Waals surface area contributed by atoms with E-state index in [0.29, 0.717) is 5.25 Å². The molecule has 1 aromatic carbocycles. The average molecular weight is 249 g/mol. The van der Waals surface area contributed by atoms with E-state index in [1.807, 2.05) is 18.7 Å². The first-order valence-corrected chi connectivity index (χ1v) is 7.10. The van der Waals surface area contributed by atoms with Gasteiger partial charge in [0.05, 0.1) is 0 Å². The topological polar surface area (TPSA) is 12.9 Å². The second kappa shape index (κ2) is 5.02. The molecule has 3 heteroatoms. The molecule has 0 saturated carbocycles. The van der Waals surface area contributed by atoms with Crippen molar-refractivity contribution < 1.29 is 0 Å². The molecule has 0 atom stereocenters. The molecule has 2 rings (SSSR count). The van der Waals surface area contributed by atoms with Crippen LogP contribution in [0.25, 0.3) is 10.6 Å². The highest BCUT2D eigenvalue weighted by molar-refractivity contribution is 7.99. The number of thiazole rings is 1. The van der Waals surface area contributed by atoms with E-state index in [-0.39, 0.29) is 0 Å². The van der Waals surface area contributed by atoms with Crippen molar-refractivity contribution in [1.29, 1.82) is 0 Å². The van der Waals surface area contributed by atoms with Crippen LogP contribution in [0.3, 0.4) is 0 Å². The minimum absolute atomic E-state index is 0.632. The number of thioether (sulfide) groups is 1. The minimum Gasteiger partial charge on any atom is -0.241 e. The van der Waals surface area contributed by atoms with Gasteiger partial charge in [-0.2, -0.15) is 0 Å². The van der Waals surface area contributed by atoms with Crippen LogP contribution in [0.1, 0.15) is 19.5 Å². The van der Waals surface area contributed by atoms with E-state index in [1.165, 1.54) is 10.5 Å². The third kappa shape index (κ3) is 2.86. The average Bonchev–Trinajstić information content (AvgIpc) is 2.65. The number of rotatable bonds is 3. The Bertz CT molecular complexity index is 457. The van der Waals surface area contributed by atoms with Gasteiger partial charge >= 0.3 is 0 Å². The lowest BCUT2D eigenvalue weighted by Gasteiger charge is -2.04. The lowest BCUT2D eigenvalue weighted by atomic mass is 10.2. The van der Waals surface area contributed by atoms with Gasteiger partial charge in [-0.15, -0.1) is 23.1 Å². The van der Waals surface area contributed by atoms with Crippen LogP contribution in [0.2, 0.25) is 0 Å². The monoisotopic (exact) mass is 249 g/mol. The molecule has 0 saturated heterocycles. The Kier molecular flexibility index (Phi) is 3.66. The summed E-state index contributed by atoms with van der Waals surface area (Å²) < 4.78 is 0. The van der Waals surface area contributed by atoms with Gasteiger partial charge in [-0.05, 0) is 19.1 Å². The predicted octanol–water partition coefficient (Wildman–Crippen LogP) is 4.62. The normalized spacial score (nSPS) is 11.0. The number of hydrogen-bond acceptors (Lipinski definition) is 3. The summed E-state index contributed by atoms with van der Waals surface area (Å²) in [4.78, 5) is 5.81. The largest absolute Gasteiger partial charge is 0.241 e. The molecule has 84 valence electrons. The number of aromatic nitrogens is 1. The summed E-state index contributed by atoms with van der Waals surface area (Å²) in [7, 11) is 0. The number of benzene rings is 1. The van der Waals surface area contributed by atoms with Crippen molar-refractivity contribution in [2.45, 2.75) is 30.9 Å². The third-order valence-corrected chi connectivity index (χ3v) is 4.12. The number of nitrogens with zero attached hydrogens (tertiary/aromatic N) is 1. The summed E-state index contributed by atoms with van der Waals surface area (Å²) in [6.07, 6.45) is 0. The molecule has 2 aromatic rings. The van der Waals surface area contributed by atoms with Crippen LogP contribution < -0.4 is 0 Å². The van der Waals surface area contributed by atoms with Crippen LogP contribution in [0.5, 0.6) is 0 Å². The molecule has 0 radical (unpaired) electrons. The molecular formula is C13H15NS2. The van der Waals surface area contributed by atoms with E-state index >= 15 is 0 Å². The smallest absolute Gasteiger partial charge is 0.123 e. The van der Waals surface area contributed by atoms with Crippen molar-refractivity contribution in [2.75, 3.05) is 0 Å². The molecule has 1 nitrogen and oxygen atoms in total. The molecule has 0 spiro atoms. The molecule has 0 bridgehead atoms. The molecule has 0 aliphatic rings.